The van der Waals surface area contributed by atoms with Gasteiger partial charge in [0.2, 0.25) is 0 Å². The third-order valence-electron chi connectivity index (χ3n) is 2.98. The number of rotatable bonds is 4. The van der Waals surface area contributed by atoms with Crippen molar-refractivity contribution in [2.45, 2.75) is 13.3 Å². The SMILES string of the molecule is Cc1cccc(CCN(C)c2cc(C#N)ncn2)c1. The fourth-order valence-corrected chi connectivity index (χ4v) is 1.90. The zero-order valence-corrected chi connectivity index (χ0v) is 11.2. The van der Waals surface area contributed by atoms with Crippen molar-refractivity contribution in [1.82, 2.24) is 9.97 Å². The van der Waals surface area contributed by atoms with Crippen LogP contribution in [0.4, 0.5) is 5.82 Å². The molecule has 0 radical (unpaired) electrons. The van der Waals surface area contributed by atoms with Gasteiger partial charge in [0.15, 0.2) is 0 Å². The van der Waals surface area contributed by atoms with Gasteiger partial charge in [-0.15, -0.1) is 0 Å². The molecule has 1 heterocycles. The molecule has 0 fully saturated rings. The van der Waals surface area contributed by atoms with Crippen LogP contribution >= 0.6 is 0 Å². The fourth-order valence-electron chi connectivity index (χ4n) is 1.90. The lowest BCUT2D eigenvalue weighted by atomic mass is 10.1. The average molecular weight is 252 g/mol. The molecule has 1 aromatic carbocycles. The van der Waals surface area contributed by atoms with Crippen molar-refractivity contribution in [3.05, 3.63) is 53.5 Å². The molecule has 0 aliphatic carbocycles. The van der Waals surface area contributed by atoms with Crippen LogP contribution in [0.2, 0.25) is 0 Å². The van der Waals surface area contributed by atoms with Crippen LogP contribution in [0.5, 0.6) is 0 Å². The van der Waals surface area contributed by atoms with Gasteiger partial charge in [0.05, 0.1) is 0 Å². The number of hydrogen-bond acceptors (Lipinski definition) is 4. The lowest BCUT2D eigenvalue weighted by molar-refractivity contribution is 0.854. The maximum Gasteiger partial charge on any atom is 0.145 e. The first-order valence-electron chi connectivity index (χ1n) is 6.18. The second-order valence-electron chi connectivity index (χ2n) is 4.53. The van der Waals surface area contributed by atoms with E-state index in [0.717, 1.165) is 18.8 Å². The molecule has 0 aliphatic rings. The number of nitrogens with zero attached hydrogens (tertiary/aromatic N) is 4. The van der Waals surface area contributed by atoms with Crippen molar-refractivity contribution >= 4 is 5.82 Å². The van der Waals surface area contributed by atoms with Crippen LogP contribution in [0, 0.1) is 18.3 Å². The largest absolute Gasteiger partial charge is 0.359 e. The Hall–Kier alpha value is -2.41. The number of benzene rings is 1. The smallest absolute Gasteiger partial charge is 0.145 e. The van der Waals surface area contributed by atoms with Gasteiger partial charge in [0.1, 0.15) is 23.9 Å². The van der Waals surface area contributed by atoms with Gasteiger partial charge < -0.3 is 4.90 Å². The molecule has 2 rings (SSSR count). The Morgan fingerprint density at radius 1 is 1.26 bits per heavy atom. The molecule has 0 aliphatic heterocycles. The third kappa shape index (κ3) is 3.52. The minimum atomic E-state index is 0.396. The second-order valence-corrected chi connectivity index (χ2v) is 4.53. The summed E-state index contributed by atoms with van der Waals surface area (Å²) in [5, 5.41) is 8.82. The molecular weight excluding hydrogens is 236 g/mol. The molecule has 96 valence electrons. The maximum absolute atomic E-state index is 8.82. The Morgan fingerprint density at radius 3 is 2.84 bits per heavy atom. The summed E-state index contributed by atoms with van der Waals surface area (Å²) >= 11 is 0. The van der Waals surface area contributed by atoms with E-state index in [2.05, 4.69) is 41.2 Å². The van der Waals surface area contributed by atoms with Crippen LogP contribution in [-0.4, -0.2) is 23.6 Å². The predicted octanol–water partition coefficient (Wildman–Crippen LogP) is 2.34. The molecule has 1 aromatic heterocycles. The normalized spacial score (nSPS) is 9.95. The van der Waals surface area contributed by atoms with Crippen molar-refractivity contribution in [3.8, 4) is 6.07 Å². The zero-order valence-electron chi connectivity index (χ0n) is 11.2. The van der Waals surface area contributed by atoms with Gasteiger partial charge in [-0.25, -0.2) is 9.97 Å². The highest BCUT2D eigenvalue weighted by Crippen LogP contribution is 2.11. The molecule has 2 aromatic rings. The van der Waals surface area contributed by atoms with Crippen molar-refractivity contribution in [2.24, 2.45) is 0 Å². The maximum atomic E-state index is 8.82. The summed E-state index contributed by atoms with van der Waals surface area (Å²) < 4.78 is 0. The van der Waals surface area contributed by atoms with Crippen molar-refractivity contribution in [3.63, 3.8) is 0 Å². The van der Waals surface area contributed by atoms with Gasteiger partial charge in [-0.05, 0) is 18.9 Å². The summed E-state index contributed by atoms with van der Waals surface area (Å²) in [4.78, 5) is 10.1. The molecule has 19 heavy (non-hydrogen) atoms. The van der Waals surface area contributed by atoms with E-state index in [1.165, 1.54) is 17.5 Å². The Labute approximate surface area is 113 Å². The van der Waals surface area contributed by atoms with Gasteiger partial charge in [-0.3, -0.25) is 0 Å². The van der Waals surface area contributed by atoms with E-state index in [4.69, 9.17) is 5.26 Å². The Bertz CT molecular complexity index is 601. The molecule has 0 bridgehead atoms. The summed E-state index contributed by atoms with van der Waals surface area (Å²) in [6, 6.07) is 12.2. The first kappa shape index (κ1) is 13.0. The Balaban J connectivity index is 2.01. The van der Waals surface area contributed by atoms with Gasteiger partial charge in [-0.1, -0.05) is 29.8 Å². The van der Waals surface area contributed by atoms with Crippen molar-refractivity contribution in [2.75, 3.05) is 18.5 Å². The molecular formula is C15H16N4. The summed E-state index contributed by atoms with van der Waals surface area (Å²) in [6.07, 6.45) is 2.38. The second kappa shape index (κ2) is 5.96. The first-order chi connectivity index (χ1) is 9.19. The van der Waals surface area contributed by atoms with E-state index >= 15 is 0 Å². The quantitative estimate of drug-likeness (QED) is 0.838. The summed E-state index contributed by atoms with van der Waals surface area (Å²) in [6.45, 7) is 2.95. The van der Waals surface area contributed by atoms with Crippen LogP contribution in [0.15, 0.2) is 36.7 Å². The van der Waals surface area contributed by atoms with E-state index in [1.807, 2.05) is 18.0 Å². The van der Waals surface area contributed by atoms with Crippen LogP contribution < -0.4 is 4.90 Å². The lowest BCUT2D eigenvalue weighted by Crippen LogP contribution is -2.21. The zero-order chi connectivity index (χ0) is 13.7. The minimum absolute atomic E-state index is 0.396. The van der Waals surface area contributed by atoms with Gasteiger partial charge in [0, 0.05) is 19.7 Å². The molecule has 4 nitrogen and oxygen atoms in total. The Kier molecular flexibility index (Phi) is 4.09. The van der Waals surface area contributed by atoms with Gasteiger partial charge in [-0.2, -0.15) is 5.26 Å². The first-order valence-corrected chi connectivity index (χ1v) is 6.18. The van der Waals surface area contributed by atoms with E-state index in [9.17, 15) is 0 Å². The summed E-state index contributed by atoms with van der Waals surface area (Å²) in [7, 11) is 1.97. The number of hydrogen-bond donors (Lipinski definition) is 0. The molecule has 0 saturated heterocycles. The average Bonchev–Trinajstić information content (AvgIpc) is 2.45. The van der Waals surface area contributed by atoms with Gasteiger partial charge >= 0.3 is 0 Å². The molecule has 0 spiro atoms. The molecule has 4 heteroatoms. The van der Waals surface area contributed by atoms with Crippen molar-refractivity contribution < 1.29 is 0 Å². The Morgan fingerprint density at radius 2 is 2.11 bits per heavy atom. The highest BCUT2D eigenvalue weighted by atomic mass is 15.2. The number of likely N-dealkylation sites (N-methyl/N-ethyl adjacent to an activating group) is 1. The van der Waals surface area contributed by atoms with E-state index in [1.54, 1.807) is 6.07 Å². The number of aryl methyl sites for hydroxylation is 1. The number of nitriles is 1. The van der Waals surface area contributed by atoms with Crippen LogP contribution in [0.3, 0.4) is 0 Å². The molecule has 0 atom stereocenters. The monoisotopic (exact) mass is 252 g/mol. The lowest BCUT2D eigenvalue weighted by Gasteiger charge is -2.17. The van der Waals surface area contributed by atoms with E-state index in [0.29, 0.717) is 5.69 Å². The molecule has 0 amide bonds. The van der Waals surface area contributed by atoms with Crippen LogP contribution in [0.1, 0.15) is 16.8 Å². The summed E-state index contributed by atoms with van der Waals surface area (Å²) in [5.41, 5.74) is 2.97. The highest BCUT2D eigenvalue weighted by molar-refractivity contribution is 5.41. The number of aromatic nitrogens is 2. The molecule has 0 unspecified atom stereocenters. The molecule has 0 N–H and O–H groups in total. The van der Waals surface area contributed by atoms with Crippen LogP contribution in [-0.2, 0) is 6.42 Å². The standard InChI is InChI=1S/C15H16N4/c1-12-4-3-5-13(8-12)6-7-19(2)15-9-14(10-16)17-11-18-15/h3-5,8-9,11H,6-7H2,1-2H3. The van der Waals surface area contributed by atoms with Gasteiger partial charge in [0.25, 0.3) is 0 Å². The predicted molar refractivity (Wildman–Crippen MR) is 74.9 cm³/mol. The van der Waals surface area contributed by atoms with Crippen LogP contribution in [0.25, 0.3) is 0 Å². The molecule has 0 saturated carbocycles. The van der Waals surface area contributed by atoms with E-state index in [-0.39, 0.29) is 0 Å². The topological polar surface area (TPSA) is 52.8 Å². The van der Waals surface area contributed by atoms with Crippen molar-refractivity contribution in [1.29, 1.82) is 5.26 Å². The number of anilines is 1. The fraction of sp³-hybridized carbons (Fsp3) is 0.267. The highest BCUT2D eigenvalue weighted by Gasteiger charge is 2.04. The summed E-state index contributed by atoms with van der Waals surface area (Å²) in [5.74, 6) is 0.777. The third-order valence-corrected chi connectivity index (χ3v) is 2.98. The minimum Gasteiger partial charge on any atom is -0.359 e. The van der Waals surface area contributed by atoms with E-state index < -0.39 is 0 Å².